The first-order valence-electron chi connectivity index (χ1n) is 3.98. The minimum absolute atomic E-state index is 0.207. The summed E-state index contributed by atoms with van der Waals surface area (Å²) in [5, 5.41) is 7.05. The van der Waals surface area contributed by atoms with Gasteiger partial charge in [-0.05, 0) is 11.6 Å². The summed E-state index contributed by atoms with van der Waals surface area (Å²) in [6, 6.07) is -0.694. The monoisotopic (exact) mass is 314 g/mol. The zero-order valence-electron chi connectivity index (χ0n) is 7.76. The minimum atomic E-state index is -1.86. The first-order chi connectivity index (χ1) is 7.89. The maximum Gasteiger partial charge on any atom is 0.373 e. The smallest absolute Gasteiger partial charge is 0.243 e. The second kappa shape index (κ2) is 4.41. The largest absolute Gasteiger partial charge is 0.373 e. The predicted octanol–water partition coefficient (Wildman–Crippen LogP) is 1.87. The van der Waals surface area contributed by atoms with Crippen molar-refractivity contribution < 1.29 is 4.79 Å². The first kappa shape index (κ1) is 12.6. The lowest BCUT2D eigenvalue weighted by atomic mass is 10.7. The van der Waals surface area contributed by atoms with E-state index in [2.05, 4.69) is 20.2 Å². The van der Waals surface area contributed by atoms with Crippen LogP contribution in [0.15, 0.2) is 12.7 Å². The van der Waals surface area contributed by atoms with Crippen LogP contribution in [-0.2, 0) is 3.79 Å². The van der Waals surface area contributed by atoms with E-state index in [0.717, 1.165) is 9.36 Å². The topological polar surface area (TPSA) is 78.5 Å². The number of rotatable bonds is 0. The zero-order chi connectivity index (χ0) is 12.6. The third-order valence-corrected chi connectivity index (χ3v) is 2.37. The summed E-state index contributed by atoms with van der Waals surface area (Å²) in [6.45, 7) is 0. The Balaban J connectivity index is 2.41. The van der Waals surface area contributed by atoms with Gasteiger partial charge < -0.3 is 0 Å². The number of aromatic nitrogens is 6. The highest BCUT2D eigenvalue weighted by Crippen LogP contribution is 2.36. The molecule has 2 rings (SSSR count). The molecule has 0 fully saturated rings. The van der Waals surface area contributed by atoms with Crippen LogP contribution >= 0.6 is 46.4 Å². The second-order valence-corrected chi connectivity index (χ2v) is 5.36. The summed E-state index contributed by atoms with van der Waals surface area (Å²) in [5.41, 5.74) is 0. The van der Waals surface area contributed by atoms with Crippen molar-refractivity contribution >= 4 is 52.4 Å². The zero-order valence-corrected chi connectivity index (χ0v) is 10.8. The van der Waals surface area contributed by atoms with E-state index < -0.39 is 9.82 Å². The van der Waals surface area contributed by atoms with Crippen molar-refractivity contribution in [1.29, 1.82) is 0 Å². The van der Waals surface area contributed by atoms with Crippen LogP contribution < -0.4 is 0 Å². The van der Waals surface area contributed by atoms with Crippen molar-refractivity contribution in [2.75, 3.05) is 0 Å². The van der Waals surface area contributed by atoms with Crippen LogP contribution in [0.2, 0.25) is 5.28 Å². The molecule has 2 aromatic heterocycles. The molecule has 0 bridgehead atoms. The Morgan fingerprint density at radius 1 is 1.35 bits per heavy atom. The van der Waals surface area contributed by atoms with E-state index in [1.54, 1.807) is 0 Å². The molecule has 0 N–H and O–H groups in total. The van der Waals surface area contributed by atoms with Crippen LogP contribution in [0.4, 0.5) is 4.79 Å². The van der Waals surface area contributed by atoms with Gasteiger partial charge in [-0.15, -0.1) is 9.78 Å². The van der Waals surface area contributed by atoms with Gasteiger partial charge in [-0.1, -0.05) is 34.8 Å². The molecule has 0 atom stereocenters. The van der Waals surface area contributed by atoms with Gasteiger partial charge in [-0.3, -0.25) is 0 Å². The van der Waals surface area contributed by atoms with E-state index in [1.165, 1.54) is 12.7 Å². The molecule has 17 heavy (non-hydrogen) atoms. The summed E-state index contributed by atoms with van der Waals surface area (Å²) in [4.78, 5) is 19.0. The van der Waals surface area contributed by atoms with Crippen molar-refractivity contribution in [3.8, 4) is 0 Å². The Labute approximate surface area is 114 Å². The lowest BCUT2D eigenvalue weighted by Crippen LogP contribution is -2.21. The van der Waals surface area contributed by atoms with E-state index in [4.69, 9.17) is 46.4 Å². The molecular weight excluding hydrogens is 314 g/mol. The fourth-order valence-electron chi connectivity index (χ4n) is 0.939. The summed E-state index contributed by atoms with van der Waals surface area (Å²) >= 11 is 22.4. The van der Waals surface area contributed by atoms with Gasteiger partial charge in [0, 0.05) is 0 Å². The van der Waals surface area contributed by atoms with Crippen molar-refractivity contribution in [1.82, 2.24) is 29.5 Å². The summed E-state index contributed by atoms with van der Waals surface area (Å²) in [7, 11) is 0. The second-order valence-electron chi connectivity index (χ2n) is 2.74. The van der Waals surface area contributed by atoms with Crippen molar-refractivity contribution in [3.05, 3.63) is 23.8 Å². The number of hydrogen-bond donors (Lipinski definition) is 0. The van der Waals surface area contributed by atoms with Gasteiger partial charge in [0.1, 0.15) is 12.7 Å². The molecule has 0 aliphatic carbocycles. The Hall–Kier alpha value is -0.890. The van der Waals surface area contributed by atoms with Crippen LogP contribution in [0.25, 0.3) is 0 Å². The Kier molecular flexibility index (Phi) is 3.26. The number of alkyl halides is 3. The molecule has 2 aromatic rings. The molecule has 2 heterocycles. The standard InChI is InChI=1S/C6H2Cl4N6O/c7-4-13-3(6(8,9)10)14-16(4)5(17)15-2-11-1-12-15/h1-2H. The normalized spacial score (nSPS) is 11.8. The van der Waals surface area contributed by atoms with Crippen LogP contribution in [0.5, 0.6) is 0 Å². The van der Waals surface area contributed by atoms with Gasteiger partial charge in [-0.25, -0.2) is 9.78 Å². The average Bonchev–Trinajstić information content (AvgIpc) is 2.83. The van der Waals surface area contributed by atoms with E-state index in [9.17, 15) is 4.79 Å². The quantitative estimate of drug-likeness (QED) is 0.693. The fourth-order valence-corrected chi connectivity index (χ4v) is 1.37. The number of carbonyl (C=O) groups excluding carboxylic acids is 1. The molecule has 0 saturated heterocycles. The number of carbonyl (C=O) groups is 1. The third-order valence-electron chi connectivity index (χ3n) is 1.62. The van der Waals surface area contributed by atoms with Gasteiger partial charge in [0.25, 0.3) is 3.79 Å². The van der Waals surface area contributed by atoms with Gasteiger partial charge >= 0.3 is 6.03 Å². The summed E-state index contributed by atoms with van der Waals surface area (Å²) < 4.78 is -0.215. The maximum atomic E-state index is 11.8. The molecule has 11 heteroatoms. The van der Waals surface area contributed by atoms with E-state index in [-0.39, 0.29) is 11.1 Å². The molecule has 0 aliphatic heterocycles. The number of hydrogen-bond acceptors (Lipinski definition) is 5. The molecule has 0 radical (unpaired) electrons. The third kappa shape index (κ3) is 2.52. The van der Waals surface area contributed by atoms with Gasteiger partial charge in [-0.2, -0.15) is 14.8 Å². The molecule has 0 aliphatic rings. The number of halogens is 4. The Bertz CT molecular complexity index is 543. The molecule has 90 valence electrons. The van der Waals surface area contributed by atoms with Gasteiger partial charge in [0.05, 0.1) is 0 Å². The Morgan fingerprint density at radius 3 is 2.53 bits per heavy atom. The predicted molar refractivity (Wildman–Crippen MR) is 60.5 cm³/mol. The maximum absolute atomic E-state index is 11.8. The highest BCUT2D eigenvalue weighted by atomic mass is 35.6. The minimum Gasteiger partial charge on any atom is -0.243 e. The highest BCUT2D eigenvalue weighted by Gasteiger charge is 2.31. The SMILES string of the molecule is O=C(n1cncn1)n1nc(C(Cl)(Cl)Cl)nc1Cl. The van der Waals surface area contributed by atoms with Crippen molar-refractivity contribution in [3.63, 3.8) is 0 Å². The Morgan fingerprint density at radius 2 is 2.06 bits per heavy atom. The van der Waals surface area contributed by atoms with Crippen LogP contribution in [-0.4, -0.2) is 35.6 Å². The fraction of sp³-hybridized carbons (Fsp3) is 0.167. The lowest BCUT2D eigenvalue weighted by Gasteiger charge is -2.03. The molecule has 0 aromatic carbocycles. The van der Waals surface area contributed by atoms with E-state index >= 15 is 0 Å². The van der Waals surface area contributed by atoms with Crippen LogP contribution in [0.1, 0.15) is 5.82 Å². The van der Waals surface area contributed by atoms with Crippen molar-refractivity contribution in [2.24, 2.45) is 0 Å². The van der Waals surface area contributed by atoms with Gasteiger partial charge in [0.2, 0.25) is 11.1 Å². The molecule has 0 unspecified atom stereocenters. The summed E-state index contributed by atoms with van der Waals surface area (Å²) in [6.07, 6.45) is 2.36. The van der Waals surface area contributed by atoms with Crippen LogP contribution in [0.3, 0.4) is 0 Å². The molecule has 0 saturated carbocycles. The van der Waals surface area contributed by atoms with Crippen LogP contribution in [0, 0.1) is 0 Å². The molecular formula is C6H2Cl4N6O. The van der Waals surface area contributed by atoms with E-state index in [1.807, 2.05) is 0 Å². The molecule has 0 amide bonds. The summed E-state index contributed by atoms with van der Waals surface area (Å²) in [5.74, 6) is -0.207. The average molecular weight is 316 g/mol. The number of nitrogens with zero attached hydrogens (tertiary/aromatic N) is 6. The molecule has 7 nitrogen and oxygen atoms in total. The lowest BCUT2D eigenvalue weighted by molar-refractivity contribution is 0.238. The van der Waals surface area contributed by atoms with Gasteiger partial charge in [0.15, 0.2) is 0 Å². The first-order valence-corrected chi connectivity index (χ1v) is 5.50. The molecule has 0 spiro atoms. The van der Waals surface area contributed by atoms with E-state index in [0.29, 0.717) is 0 Å². The van der Waals surface area contributed by atoms with Crippen molar-refractivity contribution in [2.45, 2.75) is 3.79 Å². The highest BCUT2D eigenvalue weighted by molar-refractivity contribution is 6.66.